The van der Waals surface area contributed by atoms with E-state index in [0.29, 0.717) is 47.5 Å². The summed E-state index contributed by atoms with van der Waals surface area (Å²) in [5.74, 6) is -1.59. The van der Waals surface area contributed by atoms with Gasteiger partial charge in [0.2, 0.25) is 5.91 Å². The average Bonchev–Trinajstić information content (AvgIpc) is 3.25. The Hall–Kier alpha value is -2.74. The van der Waals surface area contributed by atoms with Gasteiger partial charge in [0.15, 0.2) is 17.5 Å². The number of amides is 1. The van der Waals surface area contributed by atoms with Crippen LogP contribution in [0.15, 0.2) is 35.0 Å². The SMILES string of the molecule is O=C1CC(c2noc(-c3cc(Cl)c[nH]3)n2)CCCN1c1ccc(F)c(F)c1. The van der Waals surface area contributed by atoms with Crippen molar-refractivity contribution >= 4 is 23.2 Å². The highest BCUT2D eigenvalue weighted by atomic mass is 35.5. The molecule has 1 saturated heterocycles. The molecule has 0 aliphatic carbocycles. The summed E-state index contributed by atoms with van der Waals surface area (Å²) in [5, 5.41) is 4.52. The first kappa shape index (κ1) is 17.7. The van der Waals surface area contributed by atoms with Crippen LogP contribution in [0, 0.1) is 11.6 Å². The number of aromatic amines is 1. The zero-order chi connectivity index (χ0) is 19.0. The van der Waals surface area contributed by atoms with Crippen LogP contribution in [0.5, 0.6) is 0 Å². The fourth-order valence-electron chi connectivity index (χ4n) is 3.19. The number of rotatable bonds is 3. The van der Waals surface area contributed by atoms with E-state index < -0.39 is 11.6 Å². The van der Waals surface area contributed by atoms with Gasteiger partial charge in [0, 0.05) is 36.8 Å². The Bertz CT molecular complexity index is 987. The molecule has 1 fully saturated rings. The molecule has 3 heterocycles. The van der Waals surface area contributed by atoms with Crippen molar-refractivity contribution < 1.29 is 18.1 Å². The third-order valence-corrected chi connectivity index (χ3v) is 4.77. The monoisotopic (exact) mass is 392 g/mol. The second-order valence-electron chi connectivity index (χ2n) is 6.38. The predicted octanol–water partition coefficient (Wildman–Crippen LogP) is 4.30. The number of nitrogens with one attached hydrogen (secondary N) is 1. The van der Waals surface area contributed by atoms with Crippen LogP contribution in [0.1, 0.15) is 31.0 Å². The highest BCUT2D eigenvalue weighted by Crippen LogP contribution is 2.31. The largest absolute Gasteiger partial charge is 0.356 e. The quantitative estimate of drug-likeness (QED) is 0.721. The molecule has 0 saturated carbocycles. The van der Waals surface area contributed by atoms with E-state index in [0.717, 1.165) is 12.1 Å². The van der Waals surface area contributed by atoms with Gasteiger partial charge in [-0.15, -0.1) is 0 Å². The number of halogens is 3. The maximum atomic E-state index is 13.5. The molecule has 9 heteroatoms. The van der Waals surface area contributed by atoms with Gasteiger partial charge in [-0.3, -0.25) is 4.79 Å². The number of nitrogens with zero attached hydrogens (tertiary/aromatic N) is 3. The lowest BCUT2D eigenvalue weighted by atomic mass is 10.00. The van der Waals surface area contributed by atoms with Crippen molar-refractivity contribution in [2.24, 2.45) is 0 Å². The number of hydrogen-bond donors (Lipinski definition) is 1. The van der Waals surface area contributed by atoms with Crippen molar-refractivity contribution in [3.8, 4) is 11.6 Å². The minimum absolute atomic E-state index is 0.156. The number of hydrogen-bond acceptors (Lipinski definition) is 4. The van der Waals surface area contributed by atoms with Gasteiger partial charge >= 0.3 is 0 Å². The first-order valence-electron chi connectivity index (χ1n) is 8.44. The predicted molar refractivity (Wildman–Crippen MR) is 94.4 cm³/mol. The minimum atomic E-state index is -0.978. The van der Waals surface area contributed by atoms with Crippen molar-refractivity contribution in [3.05, 3.63) is 52.9 Å². The number of anilines is 1. The van der Waals surface area contributed by atoms with Crippen LogP contribution in [0.4, 0.5) is 14.5 Å². The smallest absolute Gasteiger partial charge is 0.274 e. The molecule has 6 nitrogen and oxygen atoms in total. The van der Waals surface area contributed by atoms with Crippen LogP contribution in [0.25, 0.3) is 11.6 Å². The Kier molecular flexibility index (Phi) is 4.65. The molecule has 1 N–H and O–H groups in total. The van der Waals surface area contributed by atoms with E-state index in [4.69, 9.17) is 16.1 Å². The van der Waals surface area contributed by atoms with Gasteiger partial charge < -0.3 is 14.4 Å². The van der Waals surface area contributed by atoms with Gasteiger partial charge in [0.05, 0.1) is 5.02 Å². The summed E-state index contributed by atoms with van der Waals surface area (Å²) in [7, 11) is 0. The third kappa shape index (κ3) is 3.57. The van der Waals surface area contributed by atoms with Crippen LogP contribution in [0.2, 0.25) is 5.02 Å². The van der Waals surface area contributed by atoms with Crippen LogP contribution in [-0.2, 0) is 4.79 Å². The Morgan fingerprint density at radius 2 is 2.11 bits per heavy atom. The second-order valence-corrected chi connectivity index (χ2v) is 6.81. The fourth-order valence-corrected chi connectivity index (χ4v) is 3.36. The maximum Gasteiger partial charge on any atom is 0.274 e. The fraction of sp³-hybridized carbons (Fsp3) is 0.278. The van der Waals surface area contributed by atoms with Gasteiger partial charge in [-0.25, -0.2) is 8.78 Å². The molecule has 0 radical (unpaired) electrons. The van der Waals surface area contributed by atoms with Gasteiger partial charge in [-0.05, 0) is 31.0 Å². The first-order chi connectivity index (χ1) is 13.0. The topological polar surface area (TPSA) is 75.0 Å². The highest BCUT2D eigenvalue weighted by molar-refractivity contribution is 6.30. The Labute approximate surface area is 158 Å². The summed E-state index contributed by atoms with van der Waals surface area (Å²) in [6.07, 6.45) is 3.11. The lowest BCUT2D eigenvalue weighted by Crippen LogP contribution is -2.30. The molecule has 140 valence electrons. The number of H-pyrrole nitrogens is 1. The number of carbonyl (C=O) groups excluding carboxylic acids is 1. The first-order valence-corrected chi connectivity index (χ1v) is 8.82. The number of benzene rings is 1. The van der Waals surface area contributed by atoms with Crippen molar-refractivity contribution in [2.75, 3.05) is 11.4 Å². The summed E-state index contributed by atoms with van der Waals surface area (Å²) in [4.78, 5) is 21.4. The highest BCUT2D eigenvalue weighted by Gasteiger charge is 2.29. The molecule has 1 amide bonds. The molecule has 1 aliphatic rings. The molecule has 0 spiro atoms. The van der Waals surface area contributed by atoms with Crippen molar-refractivity contribution in [1.29, 1.82) is 0 Å². The molecular weight excluding hydrogens is 378 g/mol. The molecule has 1 atom stereocenters. The van der Waals surface area contributed by atoms with E-state index in [2.05, 4.69) is 15.1 Å². The van der Waals surface area contributed by atoms with E-state index in [1.807, 2.05) is 0 Å². The van der Waals surface area contributed by atoms with Gasteiger partial charge in [-0.1, -0.05) is 16.8 Å². The molecule has 0 bridgehead atoms. The molecule has 27 heavy (non-hydrogen) atoms. The average molecular weight is 393 g/mol. The molecule has 4 rings (SSSR count). The minimum Gasteiger partial charge on any atom is -0.356 e. The Morgan fingerprint density at radius 1 is 1.26 bits per heavy atom. The van der Waals surface area contributed by atoms with Gasteiger partial charge in [0.1, 0.15) is 5.69 Å². The third-order valence-electron chi connectivity index (χ3n) is 4.56. The molecule has 1 aliphatic heterocycles. The molecule has 1 unspecified atom stereocenters. The van der Waals surface area contributed by atoms with Crippen LogP contribution >= 0.6 is 11.6 Å². The number of aromatic nitrogens is 3. The van der Waals surface area contributed by atoms with E-state index in [9.17, 15) is 13.6 Å². The van der Waals surface area contributed by atoms with E-state index >= 15 is 0 Å². The van der Waals surface area contributed by atoms with Crippen LogP contribution < -0.4 is 4.90 Å². The normalized spacial score (nSPS) is 18.0. The zero-order valence-corrected chi connectivity index (χ0v) is 14.8. The summed E-state index contributed by atoms with van der Waals surface area (Å²) in [6, 6.07) is 5.13. The van der Waals surface area contributed by atoms with Crippen LogP contribution in [-0.4, -0.2) is 27.6 Å². The van der Waals surface area contributed by atoms with Gasteiger partial charge in [0.25, 0.3) is 5.89 Å². The lowest BCUT2D eigenvalue weighted by molar-refractivity contribution is -0.118. The molecule has 2 aromatic heterocycles. The summed E-state index contributed by atoms with van der Waals surface area (Å²) >= 11 is 5.88. The van der Waals surface area contributed by atoms with Crippen LogP contribution in [0.3, 0.4) is 0 Å². The Balaban J connectivity index is 1.53. The molecule has 3 aromatic rings. The van der Waals surface area contributed by atoms with E-state index in [1.165, 1.54) is 11.0 Å². The van der Waals surface area contributed by atoms with Crippen molar-refractivity contribution in [2.45, 2.75) is 25.2 Å². The molecule has 1 aromatic carbocycles. The maximum absolute atomic E-state index is 13.5. The summed E-state index contributed by atoms with van der Waals surface area (Å²) in [5.41, 5.74) is 0.941. The zero-order valence-electron chi connectivity index (χ0n) is 14.1. The van der Waals surface area contributed by atoms with E-state index in [-0.39, 0.29) is 18.2 Å². The van der Waals surface area contributed by atoms with Gasteiger partial charge in [-0.2, -0.15) is 4.98 Å². The Morgan fingerprint density at radius 3 is 2.85 bits per heavy atom. The number of carbonyl (C=O) groups is 1. The molecular formula is C18H15ClF2N4O2. The summed E-state index contributed by atoms with van der Waals surface area (Å²) in [6.45, 7) is 0.414. The lowest BCUT2D eigenvalue weighted by Gasteiger charge is -2.20. The second kappa shape index (κ2) is 7.11. The summed E-state index contributed by atoms with van der Waals surface area (Å²) < 4.78 is 31.9. The van der Waals surface area contributed by atoms with Crippen molar-refractivity contribution in [3.63, 3.8) is 0 Å². The van der Waals surface area contributed by atoms with Crippen molar-refractivity contribution in [1.82, 2.24) is 15.1 Å². The standard InChI is InChI=1S/C18H15ClF2N4O2/c19-11-7-15(22-9-11)18-23-17(24-27-18)10-2-1-5-25(16(26)6-10)12-3-4-13(20)14(21)8-12/h3-4,7-10,22H,1-2,5-6H2. The van der Waals surface area contributed by atoms with E-state index in [1.54, 1.807) is 12.3 Å².